The predicted molar refractivity (Wildman–Crippen MR) is 131 cm³/mol. The maximum absolute atomic E-state index is 13.7. The number of aromatic nitrogens is 1. The molecule has 0 radical (unpaired) electrons. The predicted octanol–water partition coefficient (Wildman–Crippen LogP) is 6.32. The highest BCUT2D eigenvalue weighted by molar-refractivity contribution is 5.90. The number of hydrogen-bond acceptors (Lipinski definition) is 2. The summed E-state index contributed by atoms with van der Waals surface area (Å²) in [7, 11) is 0. The van der Waals surface area contributed by atoms with E-state index in [4.69, 9.17) is 4.74 Å². The van der Waals surface area contributed by atoms with Crippen LogP contribution < -0.4 is 10.1 Å². The van der Waals surface area contributed by atoms with Crippen molar-refractivity contribution >= 4 is 11.7 Å². The largest absolute Gasteiger partial charge is 0.494 e. The summed E-state index contributed by atoms with van der Waals surface area (Å²) in [5.41, 5.74) is 6.28. The highest BCUT2D eigenvalue weighted by Crippen LogP contribution is 2.38. The van der Waals surface area contributed by atoms with Crippen LogP contribution in [-0.2, 0) is 6.54 Å². The SMILES string of the molecule is CCOc1ccc(NC(=O)N2Cc3ccccc3-n3cccc3C2c2ccccc2C)cc1. The van der Waals surface area contributed by atoms with Gasteiger partial charge in [-0.3, -0.25) is 0 Å². The van der Waals surface area contributed by atoms with E-state index in [0.29, 0.717) is 13.2 Å². The van der Waals surface area contributed by atoms with Crippen molar-refractivity contribution in [3.8, 4) is 11.4 Å². The number of fused-ring (bicyclic) bond motifs is 3. The van der Waals surface area contributed by atoms with Gasteiger partial charge in [0, 0.05) is 17.6 Å². The van der Waals surface area contributed by atoms with Gasteiger partial charge in [-0.15, -0.1) is 0 Å². The lowest BCUT2D eigenvalue weighted by Crippen LogP contribution is -2.38. The van der Waals surface area contributed by atoms with Crippen molar-refractivity contribution in [2.24, 2.45) is 0 Å². The Hall–Kier alpha value is -3.99. The summed E-state index contributed by atoms with van der Waals surface area (Å²) in [5.74, 6) is 0.787. The maximum atomic E-state index is 13.7. The number of nitrogens with one attached hydrogen (secondary N) is 1. The van der Waals surface area contributed by atoms with Crippen molar-refractivity contribution in [1.82, 2.24) is 9.47 Å². The van der Waals surface area contributed by atoms with Gasteiger partial charge in [0.25, 0.3) is 0 Å². The lowest BCUT2D eigenvalue weighted by Gasteiger charge is -2.32. The van der Waals surface area contributed by atoms with Crippen molar-refractivity contribution < 1.29 is 9.53 Å². The Morgan fingerprint density at radius 1 is 0.970 bits per heavy atom. The first kappa shape index (κ1) is 20.9. The number of ether oxygens (including phenoxy) is 1. The molecule has 1 aliphatic heterocycles. The minimum absolute atomic E-state index is 0.142. The topological polar surface area (TPSA) is 46.5 Å². The number of anilines is 1. The molecule has 5 nitrogen and oxygen atoms in total. The Morgan fingerprint density at radius 3 is 2.52 bits per heavy atom. The molecule has 4 aromatic rings. The molecule has 2 amide bonds. The van der Waals surface area contributed by atoms with Crippen LogP contribution in [0.15, 0.2) is 91.1 Å². The van der Waals surface area contributed by atoms with E-state index in [-0.39, 0.29) is 12.1 Å². The zero-order valence-corrected chi connectivity index (χ0v) is 18.9. The number of amides is 2. The van der Waals surface area contributed by atoms with E-state index in [1.807, 2.05) is 66.4 Å². The smallest absolute Gasteiger partial charge is 0.322 e. The van der Waals surface area contributed by atoms with Crippen molar-refractivity contribution in [3.63, 3.8) is 0 Å². The van der Waals surface area contributed by atoms with Gasteiger partial charge in [-0.25, -0.2) is 4.79 Å². The molecule has 0 aliphatic carbocycles. The second kappa shape index (κ2) is 8.87. The molecule has 1 N–H and O–H groups in total. The Bertz CT molecular complexity index is 1280. The van der Waals surface area contributed by atoms with Crippen LogP contribution in [0.5, 0.6) is 5.75 Å². The number of rotatable bonds is 4. The van der Waals surface area contributed by atoms with E-state index in [1.165, 1.54) is 0 Å². The third kappa shape index (κ3) is 3.98. The molecule has 0 spiro atoms. The Balaban J connectivity index is 1.57. The summed E-state index contributed by atoms with van der Waals surface area (Å²) in [6.07, 6.45) is 2.08. The molecule has 1 aliphatic rings. The summed E-state index contributed by atoms with van der Waals surface area (Å²) < 4.78 is 7.74. The van der Waals surface area contributed by atoms with E-state index < -0.39 is 0 Å². The zero-order valence-electron chi connectivity index (χ0n) is 18.9. The van der Waals surface area contributed by atoms with E-state index >= 15 is 0 Å². The first-order valence-corrected chi connectivity index (χ1v) is 11.3. The fraction of sp³-hybridized carbons (Fsp3) is 0.179. The number of hydrogen-bond donors (Lipinski definition) is 1. The van der Waals surface area contributed by atoms with Crippen molar-refractivity contribution in [2.45, 2.75) is 26.4 Å². The number of carbonyl (C=O) groups is 1. The third-order valence-corrected chi connectivity index (χ3v) is 6.12. The average Bonchev–Trinajstić information content (AvgIpc) is 3.26. The van der Waals surface area contributed by atoms with Gasteiger partial charge in [-0.2, -0.15) is 0 Å². The first-order valence-electron chi connectivity index (χ1n) is 11.3. The highest BCUT2D eigenvalue weighted by Gasteiger charge is 2.33. The van der Waals surface area contributed by atoms with E-state index in [9.17, 15) is 4.79 Å². The standard InChI is InChI=1S/C28H27N3O2/c1-3-33-23-16-14-22(15-17-23)29-28(32)31-19-21-10-5-7-12-25(21)30-18-8-13-26(30)27(31)24-11-6-4-9-20(24)2/h4-18,27H,3,19H2,1-2H3,(H,29,32). The van der Waals surface area contributed by atoms with Crippen molar-refractivity contribution in [1.29, 1.82) is 0 Å². The van der Waals surface area contributed by atoms with Crippen LogP contribution in [0, 0.1) is 6.92 Å². The van der Waals surface area contributed by atoms with Crippen LogP contribution in [0.3, 0.4) is 0 Å². The summed E-state index contributed by atoms with van der Waals surface area (Å²) >= 11 is 0. The van der Waals surface area contributed by atoms with Crippen LogP contribution in [0.2, 0.25) is 0 Å². The van der Waals surface area contributed by atoms with Gasteiger partial charge in [-0.05, 0) is 73.0 Å². The minimum atomic E-state index is -0.226. The molecule has 0 saturated carbocycles. The van der Waals surface area contributed by atoms with Crippen LogP contribution in [-0.4, -0.2) is 22.1 Å². The van der Waals surface area contributed by atoms with Crippen molar-refractivity contribution in [2.75, 3.05) is 11.9 Å². The second-order valence-corrected chi connectivity index (χ2v) is 8.21. The summed E-state index contributed by atoms with van der Waals surface area (Å²) in [6, 6.07) is 27.9. The van der Waals surface area contributed by atoms with Gasteiger partial charge in [0.1, 0.15) is 11.8 Å². The molecule has 1 atom stereocenters. The minimum Gasteiger partial charge on any atom is -0.494 e. The number of carbonyl (C=O) groups excluding carboxylic acids is 1. The molecule has 0 fully saturated rings. The molecule has 1 unspecified atom stereocenters. The van der Waals surface area contributed by atoms with E-state index in [1.54, 1.807) is 0 Å². The molecule has 0 bridgehead atoms. The third-order valence-electron chi connectivity index (χ3n) is 6.12. The molecule has 3 aromatic carbocycles. The van der Waals surface area contributed by atoms with Crippen LogP contribution in [0.4, 0.5) is 10.5 Å². The van der Waals surface area contributed by atoms with E-state index in [0.717, 1.165) is 39.5 Å². The number of urea groups is 1. The number of aryl methyl sites for hydroxylation is 1. The fourth-order valence-electron chi connectivity index (χ4n) is 4.56. The summed E-state index contributed by atoms with van der Waals surface area (Å²) in [5, 5.41) is 3.10. The molecule has 5 heteroatoms. The number of para-hydroxylation sites is 1. The van der Waals surface area contributed by atoms with Gasteiger partial charge < -0.3 is 19.5 Å². The molecule has 0 saturated heterocycles. The summed E-state index contributed by atoms with van der Waals surface area (Å²) in [6.45, 7) is 5.16. The molecule has 2 heterocycles. The Morgan fingerprint density at radius 2 is 1.73 bits per heavy atom. The summed E-state index contributed by atoms with van der Waals surface area (Å²) in [4.78, 5) is 15.7. The van der Waals surface area contributed by atoms with Gasteiger partial charge >= 0.3 is 6.03 Å². The van der Waals surface area contributed by atoms with Crippen LogP contribution >= 0.6 is 0 Å². The lowest BCUT2D eigenvalue weighted by atomic mass is 9.97. The Labute approximate surface area is 194 Å². The van der Waals surface area contributed by atoms with Crippen molar-refractivity contribution in [3.05, 3.63) is 114 Å². The number of benzene rings is 3. The van der Waals surface area contributed by atoms with Gasteiger partial charge in [0.05, 0.1) is 18.8 Å². The molecular weight excluding hydrogens is 410 g/mol. The molecule has 5 rings (SSSR count). The number of nitrogens with zero attached hydrogens (tertiary/aromatic N) is 2. The van der Waals surface area contributed by atoms with Gasteiger partial charge in [-0.1, -0.05) is 42.5 Å². The molecular formula is C28H27N3O2. The molecule has 166 valence electrons. The van der Waals surface area contributed by atoms with Gasteiger partial charge in [0.2, 0.25) is 0 Å². The normalized spacial score (nSPS) is 14.7. The second-order valence-electron chi connectivity index (χ2n) is 8.21. The molecule has 1 aromatic heterocycles. The van der Waals surface area contributed by atoms with Gasteiger partial charge in [0.15, 0.2) is 0 Å². The van der Waals surface area contributed by atoms with E-state index in [2.05, 4.69) is 53.3 Å². The van der Waals surface area contributed by atoms with Crippen LogP contribution in [0.25, 0.3) is 5.69 Å². The fourth-order valence-corrected chi connectivity index (χ4v) is 4.56. The first-order chi connectivity index (χ1) is 16.2. The van der Waals surface area contributed by atoms with Crippen LogP contribution in [0.1, 0.15) is 35.3 Å². The highest BCUT2D eigenvalue weighted by atomic mass is 16.5. The quantitative estimate of drug-likeness (QED) is 0.406. The maximum Gasteiger partial charge on any atom is 0.322 e. The average molecular weight is 438 g/mol. The monoisotopic (exact) mass is 437 g/mol. The molecule has 33 heavy (non-hydrogen) atoms. The Kier molecular flexibility index (Phi) is 5.61. The zero-order chi connectivity index (χ0) is 22.8. The lowest BCUT2D eigenvalue weighted by molar-refractivity contribution is 0.194.